The number of nitriles is 1. The Labute approximate surface area is 77.6 Å². The predicted octanol–water partition coefficient (Wildman–Crippen LogP) is 3.11. The van der Waals surface area contributed by atoms with Gasteiger partial charge in [-0.3, -0.25) is 0 Å². The summed E-state index contributed by atoms with van der Waals surface area (Å²) < 4.78 is 0. The molecule has 0 aliphatic heterocycles. The number of alkyl halides is 1. The van der Waals surface area contributed by atoms with Crippen LogP contribution in [0.1, 0.15) is 22.1 Å². The summed E-state index contributed by atoms with van der Waals surface area (Å²) in [5.74, 6) is 0. The van der Waals surface area contributed by atoms with Crippen LogP contribution in [0.3, 0.4) is 0 Å². The first-order valence-corrected chi connectivity index (χ1v) is 4.19. The number of nitrogens with zero attached hydrogens (tertiary/aromatic N) is 1. The van der Waals surface area contributed by atoms with Gasteiger partial charge in [0.15, 0.2) is 0 Å². The van der Waals surface area contributed by atoms with E-state index < -0.39 is 5.38 Å². The molecule has 1 rings (SSSR count). The highest BCUT2D eigenvalue weighted by Gasteiger charge is 2.05. The molecule has 0 radical (unpaired) electrons. The molecule has 12 heavy (non-hydrogen) atoms. The molecule has 1 aromatic rings. The molecule has 62 valence electrons. The van der Waals surface area contributed by atoms with Crippen LogP contribution in [0.5, 0.6) is 0 Å². The summed E-state index contributed by atoms with van der Waals surface area (Å²) in [6.07, 6.45) is 0. The fourth-order valence-electron chi connectivity index (χ4n) is 1.23. The fourth-order valence-corrected chi connectivity index (χ4v) is 1.36. The molecule has 1 atom stereocenters. The lowest BCUT2D eigenvalue weighted by molar-refractivity contribution is 1.18. The first-order valence-electron chi connectivity index (χ1n) is 3.75. The molecule has 0 fully saturated rings. The highest BCUT2D eigenvalue weighted by molar-refractivity contribution is 6.22. The van der Waals surface area contributed by atoms with Gasteiger partial charge < -0.3 is 0 Å². The molecule has 0 N–H and O–H groups in total. The van der Waals surface area contributed by atoms with Gasteiger partial charge in [0.2, 0.25) is 0 Å². The number of benzene rings is 1. The Morgan fingerprint density at radius 2 is 1.75 bits per heavy atom. The van der Waals surface area contributed by atoms with E-state index >= 15 is 0 Å². The van der Waals surface area contributed by atoms with Crippen molar-refractivity contribution in [2.75, 3.05) is 0 Å². The van der Waals surface area contributed by atoms with Crippen LogP contribution in [0, 0.1) is 25.2 Å². The van der Waals surface area contributed by atoms with Gasteiger partial charge in [0, 0.05) is 0 Å². The van der Waals surface area contributed by atoms with Crippen molar-refractivity contribution in [3.63, 3.8) is 0 Å². The SMILES string of the molecule is Cc1cc(C)cc(C(Cl)C#N)c1. The van der Waals surface area contributed by atoms with Gasteiger partial charge in [-0.25, -0.2) is 0 Å². The van der Waals surface area contributed by atoms with E-state index in [-0.39, 0.29) is 0 Å². The van der Waals surface area contributed by atoms with Crippen molar-refractivity contribution in [3.8, 4) is 6.07 Å². The summed E-state index contributed by atoms with van der Waals surface area (Å²) in [5.41, 5.74) is 3.17. The van der Waals surface area contributed by atoms with E-state index in [2.05, 4.69) is 6.07 Å². The van der Waals surface area contributed by atoms with Crippen LogP contribution in [-0.4, -0.2) is 0 Å². The van der Waals surface area contributed by atoms with E-state index in [9.17, 15) is 0 Å². The standard InChI is InChI=1S/C10H10ClN/c1-7-3-8(2)5-9(4-7)10(11)6-12/h3-5,10H,1-2H3. The zero-order valence-electron chi connectivity index (χ0n) is 7.13. The van der Waals surface area contributed by atoms with Gasteiger partial charge in [0.05, 0.1) is 6.07 Å². The van der Waals surface area contributed by atoms with Crippen LogP contribution in [0.15, 0.2) is 18.2 Å². The maximum absolute atomic E-state index is 8.59. The quantitative estimate of drug-likeness (QED) is 0.608. The van der Waals surface area contributed by atoms with Gasteiger partial charge in [-0.1, -0.05) is 29.3 Å². The number of halogens is 1. The van der Waals surface area contributed by atoms with Gasteiger partial charge in [0.25, 0.3) is 0 Å². The molecule has 0 spiro atoms. The van der Waals surface area contributed by atoms with Gasteiger partial charge in [-0.2, -0.15) is 5.26 Å². The third-order valence-electron chi connectivity index (χ3n) is 1.65. The molecule has 0 aliphatic carbocycles. The summed E-state index contributed by atoms with van der Waals surface area (Å²) in [6, 6.07) is 7.94. The monoisotopic (exact) mass is 179 g/mol. The summed E-state index contributed by atoms with van der Waals surface area (Å²) in [5, 5.41) is 8.06. The van der Waals surface area contributed by atoms with Crippen molar-refractivity contribution in [3.05, 3.63) is 34.9 Å². The van der Waals surface area contributed by atoms with E-state index in [1.807, 2.05) is 32.0 Å². The topological polar surface area (TPSA) is 23.8 Å². The summed E-state index contributed by atoms with van der Waals surface area (Å²) in [4.78, 5) is 0. The minimum absolute atomic E-state index is 0.524. The number of aryl methyl sites for hydroxylation is 2. The zero-order valence-corrected chi connectivity index (χ0v) is 7.89. The minimum atomic E-state index is -0.524. The molecule has 1 nitrogen and oxygen atoms in total. The molecule has 0 heterocycles. The van der Waals surface area contributed by atoms with Crippen molar-refractivity contribution in [2.45, 2.75) is 19.2 Å². The lowest BCUT2D eigenvalue weighted by Crippen LogP contribution is -1.88. The summed E-state index contributed by atoms with van der Waals surface area (Å²) in [7, 11) is 0. The van der Waals surface area contributed by atoms with Gasteiger partial charge >= 0.3 is 0 Å². The Morgan fingerprint density at radius 1 is 1.25 bits per heavy atom. The number of hydrogen-bond donors (Lipinski definition) is 0. The van der Waals surface area contributed by atoms with Crippen molar-refractivity contribution in [1.29, 1.82) is 5.26 Å². The molecule has 2 heteroatoms. The smallest absolute Gasteiger partial charge is 0.145 e. The second-order valence-corrected chi connectivity index (χ2v) is 3.35. The highest BCUT2D eigenvalue weighted by atomic mass is 35.5. The summed E-state index contributed by atoms with van der Waals surface area (Å²) in [6.45, 7) is 4.00. The van der Waals surface area contributed by atoms with Crippen LogP contribution in [-0.2, 0) is 0 Å². The molecule has 0 saturated carbocycles. The molecule has 0 aromatic heterocycles. The minimum Gasteiger partial charge on any atom is -0.196 e. The molecular formula is C10H10ClN. The predicted molar refractivity (Wildman–Crippen MR) is 50.1 cm³/mol. The molecule has 0 bridgehead atoms. The fraction of sp³-hybridized carbons (Fsp3) is 0.300. The molecule has 0 aliphatic rings. The Bertz CT molecular complexity index is 305. The second-order valence-electron chi connectivity index (χ2n) is 2.91. The first kappa shape index (κ1) is 9.09. The Balaban J connectivity index is 3.10. The molecule has 0 amide bonds. The highest BCUT2D eigenvalue weighted by Crippen LogP contribution is 2.21. The maximum Gasteiger partial charge on any atom is 0.145 e. The van der Waals surface area contributed by atoms with Crippen molar-refractivity contribution in [1.82, 2.24) is 0 Å². The molecular weight excluding hydrogens is 170 g/mol. The van der Waals surface area contributed by atoms with E-state index in [1.165, 1.54) is 0 Å². The average Bonchev–Trinajstić information content (AvgIpc) is 2.01. The normalized spacial score (nSPS) is 12.2. The Hall–Kier alpha value is -1.00. The largest absolute Gasteiger partial charge is 0.196 e. The van der Waals surface area contributed by atoms with Crippen LogP contribution < -0.4 is 0 Å². The van der Waals surface area contributed by atoms with Gasteiger partial charge in [-0.15, -0.1) is 11.6 Å². The molecule has 1 unspecified atom stereocenters. The average molecular weight is 180 g/mol. The second kappa shape index (κ2) is 3.60. The third kappa shape index (κ3) is 1.99. The first-order chi connectivity index (χ1) is 5.63. The maximum atomic E-state index is 8.59. The third-order valence-corrected chi connectivity index (χ3v) is 2.00. The van der Waals surface area contributed by atoms with Gasteiger partial charge in [0.1, 0.15) is 5.38 Å². The number of rotatable bonds is 1. The van der Waals surface area contributed by atoms with Crippen LogP contribution in [0.2, 0.25) is 0 Å². The van der Waals surface area contributed by atoms with Crippen LogP contribution in [0.4, 0.5) is 0 Å². The number of hydrogen-bond acceptors (Lipinski definition) is 1. The van der Waals surface area contributed by atoms with E-state index in [0.29, 0.717) is 0 Å². The van der Waals surface area contributed by atoms with Crippen LogP contribution >= 0.6 is 11.6 Å². The molecule has 1 aromatic carbocycles. The zero-order chi connectivity index (χ0) is 9.14. The van der Waals surface area contributed by atoms with E-state index in [1.54, 1.807) is 0 Å². The lowest BCUT2D eigenvalue weighted by Gasteiger charge is -2.03. The lowest BCUT2D eigenvalue weighted by atomic mass is 10.1. The van der Waals surface area contributed by atoms with Crippen LogP contribution in [0.25, 0.3) is 0 Å². The van der Waals surface area contributed by atoms with E-state index in [4.69, 9.17) is 16.9 Å². The van der Waals surface area contributed by atoms with Crippen molar-refractivity contribution >= 4 is 11.6 Å². The molecule has 0 saturated heterocycles. The summed E-state index contributed by atoms with van der Waals surface area (Å²) >= 11 is 5.77. The van der Waals surface area contributed by atoms with Crippen molar-refractivity contribution < 1.29 is 0 Å². The Morgan fingerprint density at radius 3 is 2.17 bits per heavy atom. The van der Waals surface area contributed by atoms with Crippen molar-refractivity contribution in [2.24, 2.45) is 0 Å². The van der Waals surface area contributed by atoms with E-state index in [0.717, 1.165) is 16.7 Å². The Kier molecular flexibility index (Phi) is 2.73. The van der Waals surface area contributed by atoms with Gasteiger partial charge in [-0.05, 0) is 19.4 Å².